The van der Waals surface area contributed by atoms with E-state index in [2.05, 4.69) is 5.32 Å². The number of hydrogen-bond acceptors (Lipinski definition) is 3. The maximum atomic E-state index is 13.2. The van der Waals surface area contributed by atoms with E-state index in [-0.39, 0.29) is 11.9 Å². The third kappa shape index (κ3) is 3.52. The van der Waals surface area contributed by atoms with Crippen molar-refractivity contribution in [2.45, 2.75) is 25.6 Å². The van der Waals surface area contributed by atoms with E-state index in [0.29, 0.717) is 17.7 Å². The van der Waals surface area contributed by atoms with Crippen LogP contribution in [0.3, 0.4) is 0 Å². The fourth-order valence-electron chi connectivity index (χ4n) is 1.97. The van der Waals surface area contributed by atoms with Crippen molar-refractivity contribution in [1.82, 2.24) is 5.32 Å². The van der Waals surface area contributed by atoms with Crippen molar-refractivity contribution in [2.75, 3.05) is 13.1 Å². The SMILES string of the molecule is N#Cc1cc(F)cc(COC2CCCNC2)c1. The molecule has 3 nitrogen and oxygen atoms in total. The minimum Gasteiger partial charge on any atom is -0.372 e. The molecule has 0 saturated carbocycles. The van der Waals surface area contributed by atoms with Crippen LogP contribution in [0.15, 0.2) is 18.2 Å². The molecule has 90 valence electrons. The molecule has 1 aromatic rings. The molecule has 0 amide bonds. The lowest BCUT2D eigenvalue weighted by molar-refractivity contribution is 0.0252. The number of nitrogens with zero attached hydrogens (tertiary/aromatic N) is 1. The Balaban J connectivity index is 1.94. The molecule has 0 bridgehead atoms. The summed E-state index contributed by atoms with van der Waals surface area (Å²) >= 11 is 0. The first-order valence-corrected chi connectivity index (χ1v) is 5.80. The average molecular weight is 234 g/mol. The molecule has 1 fully saturated rings. The highest BCUT2D eigenvalue weighted by Gasteiger charge is 2.13. The van der Waals surface area contributed by atoms with Gasteiger partial charge in [0.05, 0.1) is 24.3 Å². The molecule has 1 atom stereocenters. The summed E-state index contributed by atoms with van der Waals surface area (Å²) in [5, 5.41) is 12.0. The molecule has 4 heteroatoms. The van der Waals surface area contributed by atoms with E-state index < -0.39 is 0 Å². The normalized spacial score (nSPS) is 19.9. The van der Waals surface area contributed by atoms with E-state index in [1.807, 2.05) is 6.07 Å². The summed E-state index contributed by atoms with van der Waals surface area (Å²) in [5.74, 6) is -0.385. The number of ether oxygens (including phenoxy) is 1. The zero-order chi connectivity index (χ0) is 12.1. The molecule has 1 saturated heterocycles. The van der Waals surface area contributed by atoms with E-state index in [1.165, 1.54) is 12.1 Å². The molecule has 1 aliphatic heterocycles. The lowest BCUT2D eigenvalue weighted by atomic mass is 10.1. The summed E-state index contributed by atoms with van der Waals surface area (Å²) in [6.45, 7) is 2.25. The zero-order valence-electron chi connectivity index (χ0n) is 9.58. The molecule has 17 heavy (non-hydrogen) atoms. The molecule has 1 N–H and O–H groups in total. The monoisotopic (exact) mass is 234 g/mol. The number of benzene rings is 1. The Morgan fingerprint density at radius 2 is 2.35 bits per heavy atom. The van der Waals surface area contributed by atoms with Crippen molar-refractivity contribution >= 4 is 0 Å². The first-order valence-electron chi connectivity index (χ1n) is 5.80. The summed E-state index contributed by atoms with van der Waals surface area (Å²) in [5.41, 5.74) is 1.05. The number of piperidine rings is 1. The zero-order valence-corrected chi connectivity index (χ0v) is 9.58. The standard InChI is InChI=1S/C13H15FN2O/c14-12-5-10(7-15)4-11(6-12)9-17-13-2-1-3-16-8-13/h4-6,13,16H,1-3,8-9H2. The van der Waals surface area contributed by atoms with Gasteiger partial charge in [-0.15, -0.1) is 0 Å². The van der Waals surface area contributed by atoms with Crippen LogP contribution >= 0.6 is 0 Å². The second-order valence-electron chi connectivity index (χ2n) is 4.24. The Kier molecular flexibility index (Phi) is 4.08. The van der Waals surface area contributed by atoms with Gasteiger partial charge in [-0.2, -0.15) is 5.26 Å². The largest absolute Gasteiger partial charge is 0.372 e. The molecule has 0 radical (unpaired) electrons. The van der Waals surface area contributed by atoms with Gasteiger partial charge >= 0.3 is 0 Å². The molecule has 1 aliphatic rings. The fraction of sp³-hybridized carbons (Fsp3) is 0.462. The molecule has 1 heterocycles. The summed E-state index contributed by atoms with van der Waals surface area (Å²) in [7, 11) is 0. The summed E-state index contributed by atoms with van der Waals surface area (Å²) < 4.78 is 18.8. The van der Waals surface area contributed by atoms with Crippen LogP contribution in [0.1, 0.15) is 24.0 Å². The number of nitriles is 1. The topological polar surface area (TPSA) is 45.0 Å². The lowest BCUT2D eigenvalue weighted by Crippen LogP contribution is -2.35. The quantitative estimate of drug-likeness (QED) is 0.869. The molecule has 0 aliphatic carbocycles. The van der Waals surface area contributed by atoms with Crippen molar-refractivity contribution < 1.29 is 9.13 Å². The smallest absolute Gasteiger partial charge is 0.124 e. The third-order valence-electron chi connectivity index (χ3n) is 2.82. The van der Waals surface area contributed by atoms with Gasteiger partial charge in [-0.05, 0) is 43.1 Å². The van der Waals surface area contributed by atoms with Crippen LogP contribution in [0.25, 0.3) is 0 Å². The first-order chi connectivity index (χ1) is 8.28. The van der Waals surface area contributed by atoms with Gasteiger partial charge < -0.3 is 10.1 Å². The van der Waals surface area contributed by atoms with Crippen molar-refractivity contribution in [3.05, 3.63) is 35.1 Å². The molecular weight excluding hydrogens is 219 g/mol. The van der Waals surface area contributed by atoms with E-state index in [4.69, 9.17) is 10.00 Å². The van der Waals surface area contributed by atoms with Crippen LogP contribution in [-0.2, 0) is 11.3 Å². The Morgan fingerprint density at radius 1 is 1.47 bits per heavy atom. The number of hydrogen-bond donors (Lipinski definition) is 1. The van der Waals surface area contributed by atoms with Crippen molar-refractivity contribution in [1.29, 1.82) is 5.26 Å². The van der Waals surface area contributed by atoms with Crippen LogP contribution in [0.2, 0.25) is 0 Å². The van der Waals surface area contributed by atoms with Crippen molar-refractivity contribution in [3.63, 3.8) is 0 Å². The Morgan fingerprint density at radius 3 is 3.06 bits per heavy atom. The maximum absolute atomic E-state index is 13.2. The van der Waals surface area contributed by atoms with Gasteiger partial charge in [-0.1, -0.05) is 0 Å². The minimum atomic E-state index is -0.385. The van der Waals surface area contributed by atoms with E-state index >= 15 is 0 Å². The molecule has 2 rings (SSSR count). The van der Waals surface area contributed by atoms with Gasteiger partial charge in [0.1, 0.15) is 5.82 Å². The summed E-state index contributed by atoms with van der Waals surface area (Å²) in [6.07, 6.45) is 2.34. The lowest BCUT2D eigenvalue weighted by Gasteiger charge is -2.23. The van der Waals surface area contributed by atoms with Crippen LogP contribution in [0.4, 0.5) is 4.39 Å². The average Bonchev–Trinajstić information content (AvgIpc) is 2.37. The van der Waals surface area contributed by atoms with Gasteiger partial charge in [0.2, 0.25) is 0 Å². The van der Waals surface area contributed by atoms with Crippen LogP contribution in [0.5, 0.6) is 0 Å². The second-order valence-corrected chi connectivity index (χ2v) is 4.24. The van der Waals surface area contributed by atoms with E-state index in [0.717, 1.165) is 25.9 Å². The summed E-state index contributed by atoms with van der Waals surface area (Å²) in [6, 6.07) is 6.25. The fourth-order valence-corrected chi connectivity index (χ4v) is 1.97. The highest BCUT2D eigenvalue weighted by molar-refractivity contribution is 5.33. The molecule has 0 aromatic heterocycles. The van der Waals surface area contributed by atoms with Crippen LogP contribution in [-0.4, -0.2) is 19.2 Å². The third-order valence-corrected chi connectivity index (χ3v) is 2.82. The van der Waals surface area contributed by atoms with Crippen molar-refractivity contribution in [3.8, 4) is 6.07 Å². The molecule has 1 unspecified atom stereocenters. The first kappa shape index (κ1) is 12.0. The highest BCUT2D eigenvalue weighted by Crippen LogP contribution is 2.13. The predicted molar refractivity (Wildman–Crippen MR) is 61.8 cm³/mol. The van der Waals surface area contributed by atoms with Gasteiger partial charge in [0.15, 0.2) is 0 Å². The minimum absolute atomic E-state index is 0.192. The van der Waals surface area contributed by atoms with E-state index in [1.54, 1.807) is 6.07 Å². The second kappa shape index (κ2) is 5.76. The van der Waals surface area contributed by atoms with Gasteiger partial charge in [-0.3, -0.25) is 0 Å². The number of halogens is 1. The summed E-state index contributed by atoms with van der Waals surface area (Å²) in [4.78, 5) is 0. The Bertz CT molecular complexity index is 422. The van der Waals surface area contributed by atoms with E-state index in [9.17, 15) is 4.39 Å². The highest BCUT2D eigenvalue weighted by atomic mass is 19.1. The molecular formula is C13H15FN2O. The Hall–Kier alpha value is -1.44. The van der Waals surface area contributed by atoms with Crippen LogP contribution in [0, 0.1) is 17.1 Å². The number of rotatable bonds is 3. The van der Waals surface area contributed by atoms with Gasteiger partial charge in [0, 0.05) is 6.54 Å². The van der Waals surface area contributed by atoms with Gasteiger partial charge in [-0.25, -0.2) is 4.39 Å². The van der Waals surface area contributed by atoms with Crippen LogP contribution < -0.4 is 5.32 Å². The van der Waals surface area contributed by atoms with Gasteiger partial charge in [0.25, 0.3) is 0 Å². The molecule has 1 aromatic carbocycles. The van der Waals surface area contributed by atoms with Crippen molar-refractivity contribution in [2.24, 2.45) is 0 Å². The maximum Gasteiger partial charge on any atom is 0.124 e. The predicted octanol–water partition coefficient (Wildman–Crippen LogP) is 1.97. The molecule has 0 spiro atoms. The number of nitrogens with one attached hydrogen (secondary N) is 1. The Labute approximate surface area is 100 Å².